The third kappa shape index (κ3) is 3.21. The SMILES string of the molecule is Cn1c(Cl)cnc1CN1CCCC(CCN)C1. The first-order valence-electron chi connectivity index (χ1n) is 6.29. The molecule has 17 heavy (non-hydrogen) atoms. The van der Waals surface area contributed by atoms with Crippen molar-refractivity contribution in [2.75, 3.05) is 19.6 Å². The van der Waals surface area contributed by atoms with Crippen molar-refractivity contribution in [3.05, 3.63) is 17.2 Å². The molecule has 1 saturated heterocycles. The highest BCUT2D eigenvalue weighted by molar-refractivity contribution is 6.29. The Morgan fingerprint density at radius 1 is 1.59 bits per heavy atom. The highest BCUT2D eigenvalue weighted by Crippen LogP contribution is 2.21. The Hall–Kier alpha value is -0.580. The lowest BCUT2D eigenvalue weighted by Gasteiger charge is -2.32. The van der Waals surface area contributed by atoms with Gasteiger partial charge in [-0.15, -0.1) is 0 Å². The van der Waals surface area contributed by atoms with E-state index in [1.165, 1.54) is 12.8 Å². The second-order valence-electron chi connectivity index (χ2n) is 4.88. The van der Waals surface area contributed by atoms with Crippen LogP contribution in [0.1, 0.15) is 25.1 Å². The van der Waals surface area contributed by atoms with Gasteiger partial charge in [0.2, 0.25) is 0 Å². The van der Waals surface area contributed by atoms with Gasteiger partial charge in [0, 0.05) is 13.6 Å². The first-order valence-corrected chi connectivity index (χ1v) is 6.67. The molecule has 0 radical (unpaired) electrons. The van der Waals surface area contributed by atoms with Crippen molar-refractivity contribution < 1.29 is 0 Å². The first kappa shape index (κ1) is 12.9. The number of rotatable bonds is 4. The minimum Gasteiger partial charge on any atom is -0.330 e. The highest BCUT2D eigenvalue weighted by Gasteiger charge is 2.20. The summed E-state index contributed by atoms with van der Waals surface area (Å²) in [4.78, 5) is 6.81. The summed E-state index contributed by atoms with van der Waals surface area (Å²) in [5.74, 6) is 1.80. The van der Waals surface area contributed by atoms with E-state index in [0.717, 1.165) is 44.3 Å². The van der Waals surface area contributed by atoms with Crippen molar-refractivity contribution >= 4 is 11.6 Å². The number of nitrogens with two attached hydrogens (primary N) is 1. The van der Waals surface area contributed by atoms with Gasteiger partial charge in [-0.25, -0.2) is 4.98 Å². The molecule has 1 aliphatic heterocycles. The summed E-state index contributed by atoms with van der Waals surface area (Å²) in [6.45, 7) is 3.99. The van der Waals surface area contributed by atoms with Crippen LogP contribution in [0.25, 0.3) is 0 Å². The predicted octanol–water partition coefficient (Wildman–Crippen LogP) is 1.63. The molecule has 1 aromatic rings. The molecule has 0 spiro atoms. The Labute approximate surface area is 108 Å². The molecule has 5 heteroatoms. The third-order valence-electron chi connectivity index (χ3n) is 3.57. The van der Waals surface area contributed by atoms with Gasteiger partial charge in [0.15, 0.2) is 0 Å². The monoisotopic (exact) mass is 256 g/mol. The number of hydrogen-bond donors (Lipinski definition) is 1. The molecule has 2 rings (SSSR count). The minimum absolute atomic E-state index is 0.704. The second kappa shape index (κ2) is 5.85. The van der Waals surface area contributed by atoms with E-state index >= 15 is 0 Å². The fourth-order valence-electron chi connectivity index (χ4n) is 2.54. The van der Waals surface area contributed by atoms with Crippen molar-refractivity contribution in [1.82, 2.24) is 14.5 Å². The molecular formula is C12H21ClN4. The smallest absolute Gasteiger partial charge is 0.128 e. The summed E-state index contributed by atoms with van der Waals surface area (Å²) in [5.41, 5.74) is 5.63. The maximum absolute atomic E-state index is 5.99. The van der Waals surface area contributed by atoms with Crippen LogP contribution in [0.15, 0.2) is 6.20 Å². The molecule has 0 aliphatic carbocycles. The molecule has 1 unspecified atom stereocenters. The van der Waals surface area contributed by atoms with Crippen molar-refractivity contribution in [3.8, 4) is 0 Å². The Bertz CT molecular complexity index is 361. The van der Waals surface area contributed by atoms with Gasteiger partial charge in [-0.1, -0.05) is 11.6 Å². The largest absolute Gasteiger partial charge is 0.330 e. The second-order valence-corrected chi connectivity index (χ2v) is 5.26. The topological polar surface area (TPSA) is 47.1 Å². The molecule has 0 aromatic carbocycles. The molecule has 1 aromatic heterocycles. The molecule has 1 aliphatic rings. The van der Waals surface area contributed by atoms with E-state index in [1.807, 2.05) is 11.6 Å². The van der Waals surface area contributed by atoms with Gasteiger partial charge in [-0.05, 0) is 38.3 Å². The lowest BCUT2D eigenvalue weighted by atomic mass is 9.95. The number of imidazole rings is 1. The summed E-state index contributed by atoms with van der Waals surface area (Å²) in [6.07, 6.45) is 5.44. The zero-order valence-corrected chi connectivity index (χ0v) is 11.2. The van der Waals surface area contributed by atoms with Crippen molar-refractivity contribution in [3.63, 3.8) is 0 Å². The Morgan fingerprint density at radius 3 is 3.06 bits per heavy atom. The summed E-state index contributed by atoms with van der Waals surface area (Å²) >= 11 is 5.99. The van der Waals surface area contributed by atoms with Crippen molar-refractivity contribution in [1.29, 1.82) is 0 Å². The zero-order valence-electron chi connectivity index (χ0n) is 10.4. The van der Waals surface area contributed by atoms with Gasteiger partial charge in [0.25, 0.3) is 0 Å². The van der Waals surface area contributed by atoms with Gasteiger partial charge in [-0.2, -0.15) is 0 Å². The highest BCUT2D eigenvalue weighted by atomic mass is 35.5. The molecule has 0 amide bonds. The Morgan fingerprint density at radius 2 is 2.41 bits per heavy atom. The number of aromatic nitrogens is 2. The number of hydrogen-bond acceptors (Lipinski definition) is 3. The summed E-state index contributed by atoms with van der Waals surface area (Å²) in [5, 5.41) is 0.704. The Balaban J connectivity index is 1.92. The van der Waals surface area contributed by atoms with Crippen LogP contribution in [0.5, 0.6) is 0 Å². The predicted molar refractivity (Wildman–Crippen MR) is 69.9 cm³/mol. The van der Waals surface area contributed by atoms with Crippen LogP contribution in [0.2, 0.25) is 5.15 Å². The number of nitrogens with zero attached hydrogens (tertiary/aromatic N) is 3. The van der Waals surface area contributed by atoms with Crippen LogP contribution < -0.4 is 5.73 Å². The van der Waals surface area contributed by atoms with E-state index in [-0.39, 0.29) is 0 Å². The van der Waals surface area contributed by atoms with Crippen LogP contribution >= 0.6 is 11.6 Å². The van der Waals surface area contributed by atoms with Gasteiger partial charge in [-0.3, -0.25) is 4.90 Å². The maximum atomic E-state index is 5.99. The van der Waals surface area contributed by atoms with E-state index in [1.54, 1.807) is 6.20 Å². The average molecular weight is 257 g/mol. The average Bonchev–Trinajstić information content (AvgIpc) is 2.62. The normalized spacial score (nSPS) is 21.9. The quantitative estimate of drug-likeness (QED) is 0.891. The summed E-state index contributed by atoms with van der Waals surface area (Å²) in [7, 11) is 1.96. The van der Waals surface area contributed by atoms with Crippen molar-refractivity contribution in [2.45, 2.75) is 25.8 Å². The fourth-order valence-corrected chi connectivity index (χ4v) is 2.68. The molecule has 96 valence electrons. The fraction of sp³-hybridized carbons (Fsp3) is 0.750. The van der Waals surface area contributed by atoms with E-state index in [9.17, 15) is 0 Å². The van der Waals surface area contributed by atoms with Crippen LogP contribution in [-0.4, -0.2) is 34.1 Å². The number of likely N-dealkylation sites (tertiary alicyclic amines) is 1. The minimum atomic E-state index is 0.704. The van der Waals surface area contributed by atoms with E-state index in [2.05, 4.69) is 9.88 Å². The molecule has 4 nitrogen and oxygen atoms in total. The van der Waals surface area contributed by atoms with Crippen molar-refractivity contribution in [2.24, 2.45) is 18.7 Å². The summed E-state index contributed by atoms with van der Waals surface area (Å²) in [6, 6.07) is 0. The van der Waals surface area contributed by atoms with Crippen LogP contribution in [0, 0.1) is 5.92 Å². The van der Waals surface area contributed by atoms with E-state index in [4.69, 9.17) is 17.3 Å². The van der Waals surface area contributed by atoms with Crippen LogP contribution in [-0.2, 0) is 13.6 Å². The van der Waals surface area contributed by atoms with Gasteiger partial charge in [0.05, 0.1) is 12.7 Å². The van der Waals surface area contributed by atoms with Crippen LogP contribution in [0.3, 0.4) is 0 Å². The lowest BCUT2D eigenvalue weighted by Crippen LogP contribution is -2.36. The summed E-state index contributed by atoms with van der Waals surface area (Å²) < 4.78 is 1.95. The molecule has 1 atom stereocenters. The van der Waals surface area contributed by atoms with Gasteiger partial charge < -0.3 is 10.3 Å². The van der Waals surface area contributed by atoms with Gasteiger partial charge in [0.1, 0.15) is 11.0 Å². The third-order valence-corrected chi connectivity index (χ3v) is 3.92. The molecule has 0 bridgehead atoms. The van der Waals surface area contributed by atoms with Gasteiger partial charge >= 0.3 is 0 Å². The zero-order chi connectivity index (χ0) is 12.3. The maximum Gasteiger partial charge on any atom is 0.128 e. The molecule has 2 heterocycles. The van der Waals surface area contributed by atoms with E-state index < -0.39 is 0 Å². The first-order chi connectivity index (χ1) is 8.20. The molecule has 1 fully saturated rings. The molecule has 2 N–H and O–H groups in total. The van der Waals surface area contributed by atoms with E-state index in [0.29, 0.717) is 5.15 Å². The molecular weight excluding hydrogens is 236 g/mol. The molecule has 0 saturated carbocycles. The Kier molecular flexibility index (Phi) is 4.42. The number of halogens is 1. The lowest BCUT2D eigenvalue weighted by molar-refractivity contribution is 0.158. The van der Waals surface area contributed by atoms with Crippen LogP contribution in [0.4, 0.5) is 0 Å². The standard InChI is InChI=1S/C12H21ClN4/c1-16-11(13)7-15-12(16)9-17-6-2-3-10(8-17)4-5-14/h7,10H,2-6,8-9,14H2,1H3. The number of piperidine rings is 1.